The summed E-state index contributed by atoms with van der Waals surface area (Å²) in [5, 5.41) is 50.3. The smallest absolute Gasteiger partial charge is 0.388 e. The minimum Gasteiger partial charge on any atom is -0.388 e. The summed E-state index contributed by atoms with van der Waals surface area (Å²) < 4.78 is 49.8. The Morgan fingerprint density at radius 2 is 1.65 bits per heavy atom. The van der Waals surface area contributed by atoms with E-state index in [4.69, 9.17) is 15.2 Å². The summed E-state index contributed by atoms with van der Waals surface area (Å²) >= 11 is 0. The molecule has 2 aromatic heterocycles. The Kier molecular flexibility index (Phi) is 9.16. The molecule has 226 valence electrons. The number of phosphoric ester groups is 2. The molecule has 0 saturated carbocycles. The molecule has 2 aromatic rings. The molecule has 2 fully saturated rings. The van der Waals surface area contributed by atoms with Crippen molar-refractivity contribution in [3.8, 4) is 0 Å². The van der Waals surface area contributed by atoms with Crippen molar-refractivity contribution in [2.75, 3.05) is 18.9 Å². The maximum atomic E-state index is 12.3. The van der Waals surface area contributed by atoms with Gasteiger partial charge in [-0.15, -0.1) is 0 Å². The van der Waals surface area contributed by atoms with Crippen molar-refractivity contribution >= 4 is 32.8 Å². The van der Waals surface area contributed by atoms with Crippen LogP contribution in [0.3, 0.4) is 0 Å². The lowest BCUT2D eigenvalue weighted by molar-refractivity contribution is -0.219. The second kappa shape index (κ2) is 11.8. The Morgan fingerprint density at radius 1 is 1.00 bits per heavy atom. The third kappa shape index (κ3) is 6.61. The summed E-state index contributed by atoms with van der Waals surface area (Å²) in [6, 6.07) is 0. The van der Waals surface area contributed by atoms with E-state index >= 15 is 0 Å². The first kappa shape index (κ1) is 31.1. The highest BCUT2D eigenvalue weighted by molar-refractivity contribution is 7.61. The van der Waals surface area contributed by atoms with Crippen LogP contribution in [0.2, 0.25) is 0 Å². The number of aromatic nitrogens is 4. The highest BCUT2D eigenvalue weighted by Gasteiger charge is 2.46. The van der Waals surface area contributed by atoms with E-state index in [-0.39, 0.29) is 23.5 Å². The topological polar surface area (TPSA) is 311 Å². The van der Waals surface area contributed by atoms with Gasteiger partial charge < -0.3 is 50.5 Å². The van der Waals surface area contributed by atoms with Gasteiger partial charge in [0.15, 0.2) is 17.4 Å². The van der Waals surface area contributed by atoms with Gasteiger partial charge in [-0.25, -0.2) is 14.1 Å². The van der Waals surface area contributed by atoms with E-state index in [0.717, 1.165) is 10.9 Å². The van der Waals surface area contributed by atoms with Crippen LogP contribution in [-0.2, 0) is 32.0 Å². The summed E-state index contributed by atoms with van der Waals surface area (Å²) in [5.74, 6) is -0.255. The summed E-state index contributed by atoms with van der Waals surface area (Å²) in [4.78, 5) is 41.7. The number of aromatic amines is 1. The molecule has 22 heteroatoms. The van der Waals surface area contributed by atoms with Gasteiger partial charge in [0.25, 0.3) is 5.56 Å². The molecule has 0 radical (unpaired) electrons. The van der Waals surface area contributed by atoms with E-state index in [1.165, 1.54) is 6.92 Å². The molecule has 0 bridgehead atoms. The summed E-state index contributed by atoms with van der Waals surface area (Å²) in [5.41, 5.74) is 4.64. The Labute approximate surface area is 224 Å². The number of phosphoric acid groups is 2. The molecule has 2 saturated heterocycles. The third-order valence-corrected chi connectivity index (χ3v) is 8.91. The van der Waals surface area contributed by atoms with Crippen molar-refractivity contribution in [1.29, 1.82) is 0 Å². The van der Waals surface area contributed by atoms with E-state index < -0.39 is 89.5 Å². The van der Waals surface area contributed by atoms with Crippen molar-refractivity contribution in [2.24, 2.45) is 0 Å². The zero-order chi connectivity index (χ0) is 29.6. The van der Waals surface area contributed by atoms with Gasteiger partial charge in [-0.3, -0.25) is 23.4 Å². The van der Waals surface area contributed by atoms with Crippen LogP contribution in [0.5, 0.6) is 0 Å². The molecule has 0 spiro atoms. The third-order valence-electron chi connectivity index (χ3n) is 6.28. The number of aliphatic hydroxyl groups excluding tert-OH is 5. The Morgan fingerprint density at radius 3 is 2.35 bits per heavy atom. The molecule has 0 aromatic carbocycles. The molecule has 0 aliphatic carbocycles. The zero-order valence-corrected chi connectivity index (χ0v) is 22.4. The van der Waals surface area contributed by atoms with Gasteiger partial charge in [0.05, 0.1) is 31.7 Å². The average Bonchev–Trinajstić information content (AvgIpc) is 3.39. The lowest BCUT2D eigenvalue weighted by atomic mass is 9.94. The van der Waals surface area contributed by atoms with E-state index in [0.29, 0.717) is 0 Å². The van der Waals surface area contributed by atoms with Crippen LogP contribution in [0.15, 0.2) is 11.1 Å². The molecule has 40 heavy (non-hydrogen) atoms. The van der Waals surface area contributed by atoms with Crippen molar-refractivity contribution in [2.45, 2.75) is 68.4 Å². The van der Waals surface area contributed by atoms with E-state index in [1.54, 1.807) is 0 Å². The van der Waals surface area contributed by atoms with Gasteiger partial charge in [-0.1, -0.05) is 0 Å². The maximum absolute atomic E-state index is 12.3. The number of anilines is 1. The van der Waals surface area contributed by atoms with Gasteiger partial charge in [-0.2, -0.15) is 9.29 Å². The first-order valence-electron chi connectivity index (χ1n) is 11.7. The second-order valence-corrected chi connectivity index (χ2v) is 12.2. The highest BCUT2D eigenvalue weighted by Crippen LogP contribution is 2.60. The molecule has 20 nitrogen and oxygen atoms in total. The number of ether oxygens (including phenoxy) is 2. The maximum Gasteiger partial charge on any atom is 0.481 e. The number of rotatable bonds is 10. The number of H-pyrrole nitrogens is 1. The molecule has 2 aliphatic heterocycles. The van der Waals surface area contributed by atoms with Crippen LogP contribution >= 0.6 is 15.6 Å². The summed E-state index contributed by atoms with van der Waals surface area (Å²) in [6.45, 7) is -0.111. The van der Waals surface area contributed by atoms with Gasteiger partial charge >= 0.3 is 15.6 Å². The Bertz CT molecular complexity index is 1360. The van der Waals surface area contributed by atoms with Crippen LogP contribution in [0.1, 0.15) is 19.6 Å². The minimum atomic E-state index is -5.32. The molecule has 2 unspecified atom stereocenters. The SMILES string of the molecule is C[C@@H]1O[C@@H](CCOP(=O)(O)OP(=O)(O)OC[C@H]2O[C@@H](n3cnc4c(=O)[nH]c(N)nc43)[C@H](O)[C@@H]2O)[C@@H](O)[C@H](O)[C@@H]1O. The van der Waals surface area contributed by atoms with Crippen LogP contribution in [0.25, 0.3) is 11.2 Å². The average molecular weight is 617 g/mol. The second-order valence-electron chi connectivity index (χ2n) is 9.11. The quantitative estimate of drug-likeness (QED) is 0.119. The monoisotopic (exact) mass is 617 g/mol. The van der Waals surface area contributed by atoms with Crippen molar-refractivity contribution in [3.05, 3.63) is 16.7 Å². The Hall–Kier alpha value is -1.87. The minimum absolute atomic E-state index is 0.0834. The molecule has 2 aliphatic rings. The fourth-order valence-electron chi connectivity index (χ4n) is 4.23. The number of fused-ring (bicyclic) bond motifs is 1. The number of imidazole rings is 1. The van der Waals surface area contributed by atoms with E-state index in [1.807, 2.05) is 0 Å². The lowest BCUT2D eigenvalue weighted by Gasteiger charge is -2.39. The van der Waals surface area contributed by atoms with Crippen LogP contribution < -0.4 is 11.3 Å². The number of nitrogens with two attached hydrogens (primary N) is 1. The number of nitrogen functional groups attached to an aromatic ring is 1. The van der Waals surface area contributed by atoms with Crippen LogP contribution in [0, 0.1) is 0 Å². The largest absolute Gasteiger partial charge is 0.481 e. The van der Waals surface area contributed by atoms with Gasteiger partial charge in [0.2, 0.25) is 5.95 Å². The van der Waals surface area contributed by atoms with Gasteiger partial charge in [-0.05, 0) is 6.92 Å². The van der Waals surface area contributed by atoms with E-state index in [2.05, 4.69) is 28.3 Å². The molecular weight excluding hydrogens is 588 g/mol. The number of nitrogens with zero attached hydrogens (tertiary/aromatic N) is 3. The lowest BCUT2D eigenvalue weighted by Crippen LogP contribution is -2.56. The fourth-order valence-corrected chi connectivity index (χ4v) is 6.32. The number of aliphatic hydroxyl groups is 5. The summed E-state index contributed by atoms with van der Waals surface area (Å²) in [7, 11) is -10.5. The van der Waals surface area contributed by atoms with Crippen LogP contribution in [-0.4, -0.2) is 117 Å². The van der Waals surface area contributed by atoms with E-state index in [9.17, 15) is 49.2 Å². The van der Waals surface area contributed by atoms with Gasteiger partial charge in [0.1, 0.15) is 36.6 Å². The molecule has 4 rings (SSSR count). The fraction of sp³-hybridized carbons (Fsp3) is 0.722. The van der Waals surface area contributed by atoms with Crippen molar-refractivity contribution < 1.29 is 67.3 Å². The number of nitrogens with one attached hydrogen (secondary N) is 1. The first-order valence-corrected chi connectivity index (χ1v) is 14.7. The number of hydrogen-bond donors (Lipinski definition) is 9. The highest BCUT2D eigenvalue weighted by atomic mass is 31.3. The standard InChI is InChI=1S/C18H29N5O15P2/c1-6-10(24)13(27)11(25)7(36-6)2-3-34-39(30,31)38-40(32,33)35-4-8-12(26)14(28)17(37-8)23-5-20-9-15(23)21-18(19)22-16(9)29/h5-8,10-14,17,24-28H,2-4H2,1H3,(H,30,31)(H,32,33)(H3,19,21,22,29)/t6-,7-,8+,10+,11+,12+,13+,14+,17+/m0/s1. The normalized spacial score (nSPS) is 36.0. The van der Waals surface area contributed by atoms with Gasteiger partial charge in [0, 0.05) is 6.42 Å². The Balaban J connectivity index is 1.31. The van der Waals surface area contributed by atoms with Crippen molar-refractivity contribution in [1.82, 2.24) is 19.5 Å². The number of hydrogen-bond acceptors (Lipinski definition) is 16. The summed E-state index contributed by atoms with van der Waals surface area (Å²) in [6.07, 6.45) is -11.7. The van der Waals surface area contributed by atoms with Crippen LogP contribution in [0.4, 0.5) is 5.95 Å². The molecule has 4 heterocycles. The molecule has 11 atom stereocenters. The predicted octanol–water partition coefficient (Wildman–Crippen LogP) is -3.17. The predicted molar refractivity (Wildman–Crippen MR) is 128 cm³/mol. The zero-order valence-electron chi connectivity index (χ0n) is 20.6. The first-order chi connectivity index (χ1) is 18.6. The molecule has 0 amide bonds. The van der Waals surface area contributed by atoms with Crippen molar-refractivity contribution in [3.63, 3.8) is 0 Å². The molecule has 10 N–H and O–H groups in total. The molecular formula is C18H29N5O15P2.